The molecular weight excluding hydrogens is 288 g/mol. The molecule has 1 amide bonds. The molecule has 0 heterocycles. The van der Waals surface area contributed by atoms with E-state index in [0.29, 0.717) is 6.61 Å². The van der Waals surface area contributed by atoms with E-state index in [-0.39, 0.29) is 11.9 Å². The zero-order chi connectivity index (χ0) is 16.7. The molecule has 0 fully saturated rings. The van der Waals surface area contributed by atoms with Crippen LogP contribution >= 0.6 is 0 Å². The average Bonchev–Trinajstić information content (AvgIpc) is 2.57. The van der Waals surface area contributed by atoms with Crippen LogP contribution in [0.3, 0.4) is 0 Å². The van der Waals surface area contributed by atoms with Crippen LogP contribution in [0.4, 0.5) is 11.4 Å². The molecule has 0 radical (unpaired) electrons. The Morgan fingerprint density at radius 1 is 1.00 bits per heavy atom. The summed E-state index contributed by atoms with van der Waals surface area (Å²) < 4.78 is 5.39. The molecule has 0 aromatic heterocycles. The monoisotopic (exact) mass is 312 g/mol. The van der Waals surface area contributed by atoms with E-state index in [1.165, 1.54) is 5.56 Å². The van der Waals surface area contributed by atoms with Crippen molar-refractivity contribution >= 4 is 17.3 Å². The highest BCUT2D eigenvalue weighted by Gasteiger charge is 2.12. The maximum Gasteiger partial charge on any atom is 0.246 e. The largest absolute Gasteiger partial charge is 0.494 e. The molecule has 0 saturated carbocycles. The van der Waals surface area contributed by atoms with Gasteiger partial charge in [0, 0.05) is 11.4 Å². The second-order valence-corrected chi connectivity index (χ2v) is 5.36. The molecule has 23 heavy (non-hydrogen) atoms. The van der Waals surface area contributed by atoms with E-state index in [4.69, 9.17) is 4.74 Å². The second kappa shape index (κ2) is 8.22. The van der Waals surface area contributed by atoms with E-state index in [1.807, 2.05) is 50.2 Å². The molecule has 1 atom stereocenters. The molecule has 1 unspecified atom stereocenters. The van der Waals surface area contributed by atoms with Crippen LogP contribution in [0.5, 0.6) is 5.75 Å². The molecule has 0 bridgehead atoms. The van der Waals surface area contributed by atoms with Gasteiger partial charge in [0.1, 0.15) is 11.8 Å². The number of carbonyl (C=O) groups is 1. The summed E-state index contributed by atoms with van der Waals surface area (Å²) in [5.74, 6) is 0.724. The van der Waals surface area contributed by atoms with Crippen LogP contribution in [0.25, 0.3) is 0 Å². The minimum atomic E-state index is -0.325. The Morgan fingerprint density at radius 2 is 1.61 bits per heavy atom. The molecule has 0 spiro atoms. The van der Waals surface area contributed by atoms with Crippen molar-refractivity contribution in [1.29, 1.82) is 0 Å². The van der Waals surface area contributed by atoms with Gasteiger partial charge >= 0.3 is 0 Å². The van der Waals surface area contributed by atoms with Gasteiger partial charge in [-0.15, -0.1) is 0 Å². The topological polar surface area (TPSA) is 50.4 Å². The van der Waals surface area contributed by atoms with Crippen LogP contribution in [0.2, 0.25) is 0 Å². The lowest BCUT2D eigenvalue weighted by atomic mass is 10.1. The summed E-state index contributed by atoms with van der Waals surface area (Å²) in [4.78, 5) is 12.2. The maximum absolute atomic E-state index is 12.2. The number of anilines is 2. The van der Waals surface area contributed by atoms with Gasteiger partial charge in [-0.3, -0.25) is 4.79 Å². The molecule has 2 aromatic carbocycles. The lowest BCUT2D eigenvalue weighted by Gasteiger charge is -2.16. The van der Waals surface area contributed by atoms with Crippen molar-refractivity contribution in [1.82, 2.24) is 0 Å². The van der Waals surface area contributed by atoms with Gasteiger partial charge in [-0.1, -0.05) is 19.1 Å². The van der Waals surface area contributed by atoms with Crippen LogP contribution in [-0.2, 0) is 11.2 Å². The number of amides is 1. The fourth-order valence-corrected chi connectivity index (χ4v) is 2.20. The van der Waals surface area contributed by atoms with E-state index in [0.717, 1.165) is 23.5 Å². The van der Waals surface area contributed by atoms with Gasteiger partial charge in [0.05, 0.1) is 6.61 Å². The number of rotatable bonds is 7. The number of ether oxygens (including phenoxy) is 1. The van der Waals surface area contributed by atoms with Gasteiger partial charge in [0.25, 0.3) is 0 Å². The van der Waals surface area contributed by atoms with Crippen molar-refractivity contribution in [3.05, 3.63) is 54.1 Å². The predicted molar refractivity (Wildman–Crippen MR) is 95.1 cm³/mol. The van der Waals surface area contributed by atoms with Crippen molar-refractivity contribution in [3.8, 4) is 5.75 Å². The van der Waals surface area contributed by atoms with Crippen LogP contribution in [0, 0.1) is 0 Å². The first-order valence-electron chi connectivity index (χ1n) is 8.01. The van der Waals surface area contributed by atoms with Crippen molar-refractivity contribution in [3.63, 3.8) is 0 Å². The van der Waals surface area contributed by atoms with Gasteiger partial charge < -0.3 is 15.4 Å². The SMILES string of the molecule is CCOc1ccc(NC(=O)C(C)Nc2ccc(CC)cc2)cc1. The normalized spacial score (nSPS) is 11.6. The van der Waals surface area contributed by atoms with Crippen molar-refractivity contribution < 1.29 is 9.53 Å². The Kier molecular flexibility index (Phi) is 6.03. The third-order valence-electron chi connectivity index (χ3n) is 3.57. The molecule has 2 rings (SSSR count). The van der Waals surface area contributed by atoms with Crippen molar-refractivity contribution in [2.45, 2.75) is 33.2 Å². The zero-order valence-corrected chi connectivity index (χ0v) is 13.9. The molecule has 0 aliphatic carbocycles. The molecule has 0 aliphatic rings. The summed E-state index contributed by atoms with van der Waals surface area (Å²) in [6, 6.07) is 15.2. The van der Waals surface area contributed by atoms with Crippen LogP contribution < -0.4 is 15.4 Å². The quantitative estimate of drug-likeness (QED) is 0.809. The van der Waals surface area contributed by atoms with Gasteiger partial charge in [-0.25, -0.2) is 0 Å². The van der Waals surface area contributed by atoms with E-state index in [2.05, 4.69) is 29.7 Å². The number of nitrogens with one attached hydrogen (secondary N) is 2. The van der Waals surface area contributed by atoms with Gasteiger partial charge in [0.15, 0.2) is 0 Å². The van der Waals surface area contributed by atoms with Crippen molar-refractivity contribution in [2.24, 2.45) is 0 Å². The van der Waals surface area contributed by atoms with E-state index in [1.54, 1.807) is 0 Å². The summed E-state index contributed by atoms with van der Waals surface area (Å²) in [6.07, 6.45) is 1.01. The van der Waals surface area contributed by atoms with E-state index < -0.39 is 0 Å². The Hall–Kier alpha value is -2.49. The van der Waals surface area contributed by atoms with Crippen LogP contribution in [0.1, 0.15) is 26.3 Å². The molecule has 0 saturated heterocycles. The lowest BCUT2D eigenvalue weighted by Crippen LogP contribution is -2.31. The Balaban J connectivity index is 1.90. The van der Waals surface area contributed by atoms with Gasteiger partial charge in [-0.05, 0) is 62.2 Å². The number of hydrogen-bond donors (Lipinski definition) is 2. The average molecular weight is 312 g/mol. The van der Waals surface area contributed by atoms with Crippen LogP contribution in [0.15, 0.2) is 48.5 Å². The van der Waals surface area contributed by atoms with Gasteiger partial charge in [-0.2, -0.15) is 0 Å². The third kappa shape index (κ3) is 5.02. The fourth-order valence-electron chi connectivity index (χ4n) is 2.20. The summed E-state index contributed by atoms with van der Waals surface area (Å²) in [7, 11) is 0. The lowest BCUT2D eigenvalue weighted by molar-refractivity contribution is -0.116. The van der Waals surface area contributed by atoms with E-state index in [9.17, 15) is 4.79 Å². The molecule has 122 valence electrons. The minimum absolute atomic E-state index is 0.0753. The maximum atomic E-state index is 12.2. The number of aryl methyl sites for hydroxylation is 1. The third-order valence-corrected chi connectivity index (χ3v) is 3.57. The number of benzene rings is 2. The number of hydrogen-bond acceptors (Lipinski definition) is 3. The Morgan fingerprint density at radius 3 is 2.17 bits per heavy atom. The standard InChI is InChI=1S/C19H24N2O2/c1-4-15-6-8-16(9-7-15)20-14(3)19(22)21-17-10-12-18(13-11-17)23-5-2/h6-14,20H,4-5H2,1-3H3,(H,21,22). The van der Waals surface area contributed by atoms with E-state index >= 15 is 0 Å². The highest BCUT2D eigenvalue weighted by atomic mass is 16.5. The Labute approximate surface area is 137 Å². The van der Waals surface area contributed by atoms with Gasteiger partial charge in [0.2, 0.25) is 5.91 Å². The van der Waals surface area contributed by atoms with Crippen molar-refractivity contribution in [2.75, 3.05) is 17.2 Å². The molecule has 2 N–H and O–H groups in total. The highest BCUT2D eigenvalue weighted by molar-refractivity contribution is 5.96. The first-order valence-corrected chi connectivity index (χ1v) is 8.01. The summed E-state index contributed by atoms with van der Waals surface area (Å²) >= 11 is 0. The smallest absolute Gasteiger partial charge is 0.246 e. The summed E-state index contributed by atoms with van der Waals surface area (Å²) in [6.45, 7) is 6.53. The summed E-state index contributed by atoms with van der Waals surface area (Å²) in [5, 5.41) is 6.10. The van der Waals surface area contributed by atoms with Crippen LogP contribution in [-0.4, -0.2) is 18.6 Å². The predicted octanol–water partition coefficient (Wildman–Crippen LogP) is 4.09. The fraction of sp³-hybridized carbons (Fsp3) is 0.316. The zero-order valence-electron chi connectivity index (χ0n) is 13.9. The first-order chi connectivity index (χ1) is 11.1. The summed E-state index contributed by atoms with van der Waals surface area (Å²) in [5.41, 5.74) is 2.98. The Bertz CT molecular complexity index is 621. The second-order valence-electron chi connectivity index (χ2n) is 5.36. The molecule has 0 aliphatic heterocycles. The molecular formula is C19H24N2O2. The molecule has 2 aromatic rings. The highest BCUT2D eigenvalue weighted by Crippen LogP contribution is 2.16. The number of carbonyl (C=O) groups excluding carboxylic acids is 1. The first kappa shape index (κ1) is 16.9. The minimum Gasteiger partial charge on any atom is -0.494 e. The molecule has 4 nitrogen and oxygen atoms in total. The molecule has 4 heteroatoms.